The van der Waals surface area contributed by atoms with Crippen LogP contribution in [0.25, 0.3) is 0 Å². The number of carboxylic acids is 1. The first-order chi connectivity index (χ1) is 7.08. The average Bonchev–Trinajstić information content (AvgIpc) is 2.16. The number of anilines is 1. The summed E-state index contributed by atoms with van der Waals surface area (Å²) in [6, 6.07) is 6.75. The summed E-state index contributed by atoms with van der Waals surface area (Å²) in [6.07, 6.45) is -0.0411. The molecule has 0 aliphatic heterocycles. The van der Waals surface area contributed by atoms with E-state index >= 15 is 0 Å². The van der Waals surface area contributed by atoms with Crippen LogP contribution in [-0.2, 0) is 4.79 Å². The largest absolute Gasteiger partial charge is 0.481 e. The van der Waals surface area contributed by atoms with E-state index < -0.39 is 12.0 Å². The summed E-state index contributed by atoms with van der Waals surface area (Å²) in [5.74, 6) is -0.889. The second-order valence-corrected chi connectivity index (χ2v) is 3.68. The Labute approximate surface area is 93.0 Å². The van der Waals surface area contributed by atoms with E-state index in [1.807, 2.05) is 12.1 Å². The minimum Gasteiger partial charge on any atom is -0.481 e. The van der Waals surface area contributed by atoms with Crippen LogP contribution in [0.5, 0.6) is 0 Å². The molecule has 4 N–H and O–H groups in total. The Morgan fingerprint density at radius 3 is 2.60 bits per heavy atom. The highest BCUT2D eigenvalue weighted by molar-refractivity contribution is 6.30. The van der Waals surface area contributed by atoms with E-state index in [9.17, 15) is 4.79 Å². The number of carbonyl (C=O) groups is 1. The van der Waals surface area contributed by atoms with Gasteiger partial charge in [0.05, 0.1) is 6.42 Å². The van der Waals surface area contributed by atoms with Crippen molar-refractivity contribution < 1.29 is 9.90 Å². The van der Waals surface area contributed by atoms with Gasteiger partial charge in [-0.25, -0.2) is 0 Å². The lowest BCUT2D eigenvalue weighted by molar-refractivity contribution is -0.137. The third kappa shape index (κ3) is 4.67. The first kappa shape index (κ1) is 11.8. The molecule has 0 spiro atoms. The van der Waals surface area contributed by atoms with Gasteiger partial charge < -0.3 is 16.2 Å². The van der Waals surface area contributed by atoms with Gasteiger partial charge in [0.1, 0.15) is 0 Å². The summed E-state index contributed by atoms with van der Waals surface area (Å²) in [5.41, 5.74) is 6.46. The normalized spacial score (nSPS) is 12.1. The zero-order chi connectivity index (χ0) is 11.3. The molecule has 5 heteroatoms. The minimum absolute atomic E-state index is 0.0411. The van der Waals surface area contributed by atoms with E-state index in [1.54, 1.807) is 12.1 Å². The van der Waals surface area contributed by atoms with Gasteiger partial charge in [0.2, 0.25) is 0 Å². The maximum absolute atomic E-state index is 10.3. The molecule has 0 bridgehead atoms. The molecule has 0 fully saturated rings. The third-order valence-electron chi connectivity index (χ3n) is 1.85. The van der Waals surface area contributed by atoms with Crippen LogP contribution in [0.15, 0.2) is 24.3 Å². The summed E-state index contributed by atoms with van der Waals surface area (Å²) in [7, 11) is 0. The van der Waals surface area contributed by atoms with Gasteiger partial charge in [0.25, 0.3) is 0 Å². The van der Waals surface area contributed by atoms with Crippen LogP contribution in [0.4, 0.5) is 5.69 Å². The summed E-state index contributed by atoms with van der Waals surface area (Å²) in [6.45, 7) is 0.425. The number of nitrogens with one attached hydrogen (secondary N) is 1. The van der Waals surface area contributed by atoms with Crippen molar-refractivity contribution >= 4 is 23.3 Å². The van der Waals surface area contributed by atoms with Gasteiger partial charge >= 0.3 is 5.97 Å². The Hall–Kier alpha value is -1.26. The molecule has 1 rings (SSSR count). The highest BCUT2D eigenvalue weighted by atomic mass is 35.5. The molecule has 15 heavy (non-hydrogen) atoms. The smallest absolute Gasteiger partial charge is 0.304 e. The molecule has 0 saturated heterocycles. The zero-order valence-corrected chi connectivity index (χ0v) is 8.87. The monoisotopic (exact) mass is 228 g/mol. The van der Waals surface area contributed by atoms with Gasteiger partial charge in [-0.3, -0.25) is 4.79 Å². The van der Waals surface area contributed by atoms with Crippen molar-refractivity contribution in [1.29, 1.82) is 0 Å². The number of hydrogen-bond donors (Lipinski definition) is 3. The van der Waals surface area contributed by atoms with Crippen LogP contribution in [0.2, 0.25) is 5.02 Å². The van der Waals surface area contributed by atoms with Gasteiger partial charge in [-0.2, -0.15) is 0 Å². The molecule has 0 heterocycles. The van der Waals surface area contributed by atoms with E-state index in [-0.39, 0.29) is 6.42 Å². The molecular weight excluding hydrogens is 216 g/mol. The lowest BCUT2D eigenvalue weighted by Crippen LogP contribution is -2.31. The van der Waals surface area contributed by atoms with E-state index in [0.29, 0.717) is 11.6 Å². The second kappa shape index (κ2) is 5.58. The number of aliphatic carboxylic acids is 1. The Morgan fingerprint density at radius 1 is 1.47 bits per heavy atom. The van der Waals surface area contributed by atoms with Crippen molar-refractivity contribution in [2.24, 2.45) is 5.73 Å². The number of benzene rings is 1. The Bertz CT molecular complexity index is 327. The number of carboxylic acid groups (broad SMARTS) is 1. The predicted molar refractivity (Wildman–Crippen MR) is 60.2 cm³/mol. The van der Waals surface area contributed by atoms with Gasteiger partial charge in [-0.05, 0) is 24.3 Å². The molecule has 4 nitrogen and oxygen atoms in total. The SMILES string of the molecule is NC(CNc1ccc(Cl)cc1)CC(=O)O. The van der Waals surface area contributed by atoms with Crippen LogP contribution in [0.1, 0.15) is 6.42 Å². The fourth-order valence-electron chi connectivity index (χ4n) is 1.11. The molecule has 0 amide bonds. The van der Waals surface area contributed by atoms with Gasteiger partial charge in [-0.1, -0.05) is 11.6 Å². The number of hydrogen-bond acceptors (Lipinski definition) is 3. The molecule has 0 radical (unpaired) electrons. The van der Waals surface area contributed by atoms with Crippen molar-refractivity contribution in [2.75, 3.05) is 11.9 Å². The standard InChI is InChI=1S/C10H13ClN2O2/c11-7-1-3-9(4-2-7)13-6-8(12)5-10(14)15/h1-4,8,13H,5-6,12H2,(H,14,15). The van der Waals surface area contributed by atoms with Crippen LogP contribution in [-0.4, -0.2) is 23.7 Å². The maximum Gasteiger partial charge on any atom is 0.304 e. The molecule has 1 aromatic rings. The average molecular weight is 229 g/mol. The summed E-state index contributed by atoms with van der Waals surface area (Å²) in [4.78, 5) is 10.3. The fraction of sp³-hybridized carbons (Fsp3) is 0.300. The van der Waals surface area contributed by atoms with Gasteiger partial charge in [-0.15, -0.1) is 0 Å². The first-order valence-corrected chi connectivity index (χ1v) is 4.92. The molecule has 0 aliphatic rings. The van der Waals surface area contributed by atoms with E-state index in [0.717, 1.165) is 5.69 Å². The lowest BCUT2D eigenvalue weighted by Gasteiger charge is -2.11. The summed E-state index contributed by atoms with van der Waals surface area (Å²) in [5, 5.41) is 12.2. The zero-order valence-electron chi connectivity index (χ0n) is 8.11. The predicted octanol–water partition coefficient (Wildman–Crippen LogP) is 1.55. The fourth-order valence-corrected chi connectivity index (χ4v) is 1.24. The van der Waals surface area contributed by atoms with Crippen molar-refractivity contribution in [1.82, 2.24) is 0 Å². The van der Waals surface area contributed by atoms with Gasteiger partial charge in [0, 0.05) is 23.3 Å². The van der Waals surface area contributed by atoms with E-state index in [2.05, 4.69) is 5.32 Å². The number of nitrogens with two attached hydrogens (primary N) is 1. The van der Waals surface area contributed by atoms with Crippen LogP contribution in [0.3, 0.4) is 0 Å². The van der Waals surface area contributed by atoms with E-state index in [4.69, 9.17) is 22.4 Å². The number of rotatable bonds is 5. The third-order valence-corrected chi connectivity index (χ3v) is 2.10. The second-order valence-electron chi connectivity index (χ2n) is 3.25. The molecule has 0 saturated carbocycles. The number of halogens is 1. The Morgan fingerprint density at radius 2 is 2.07 bits per heavy atom. The Kier molecular flexibility index (Phi) is 4.39. The molecule has 1 atom stereocenters. The quantitative estimate of drug-likeness (QED) is 0.715. The van der Waals surface area contributed by atoms with Gasteiger partial charge in [0.15, 0.2) is 0 Å². The lowest BCUT2D eigenvalue weighted by atomic mass is 10.2. The van der Waals surface area contributed by atoms with Crippen molar-refractivity contribution in [3.8, 4) is 0 Å². The highest BCUT2D eigenvalue weighted by Gasteiger charge is 2.07. The molecule has 0 aromatic heterocycles. The van der Waals surface area contributed by atoms with Crippen molar-refractivity contribution in [3.05, 3.63) is 29.3 Å². The van der Waals surface area contributed by atoms with Crippen LogP contribution in [0, 0.1) is 0 Å². The maximum atomic E-state index is 10.3. The Balaban J connectivity index is 2.36. The molecule has 0 aliphatic carbocycles. The van der Waals surface area contributed by atoms with Crippen molar-refractivity contribution in [2.45, 2.75) is 12.5 Å². The van der Waals surface area contributed by atoms with E-state index in [1.165, 1.54) is 0 Å². The molecular formula is C10H13ClN2O2. The topological polar surface area (TPSA) is 75.3 Å². The summed E-state index contributed by atoms with van der Waals surface area (Å²) < 4.78 is 0. The molecule has 1 unspecified atom stereocenters. The minimum atomic E-state index is -0.889. The molecule has 1 aromatic carbocycles. The first-order valence-electron chi connectivity index (χ1n) is 4.55. The molecule has 82 valence electrons. The van der Waals surface area contributed by atoms with Crippen molar-refractivity contribution in [3.63, 3.8) is 0 Å². The van der Waals surface area contributed by atoms with Crippen LogP contribution < -0.4 is 11.1 Å². The highest BCUT2D eigenvalue weighted by Crippen LogP contribution is 2.13. The van der Waals surface area contributed by atoms with Crippen LogP contribution >= 0.6 is 11.6 Å². The summed E-state index contributed by atoms with van der Waals surface area (Å²) >= 11 is 5.71.